The van der Waals surface area contributed by atoms with Crippen molar-refractivity contribution >= 4 is 17.6 Å². The van der Waals surface area contributed by atoms with Crippen molar-refractivity contribution in [2.24, 2.45) is 0 Å². The second-order valence-electron chi connectivity index (χ2n) is 7.58. The highest BCUT2D eigenvalue weighted by molar-refractivity contribution is 6.04. The number of nitrogens with one attached hydrogen (secondary N) is 1. The first-order valence-corrected chi connectivity index (χ1v) is 10.0. The van der Waals surface area contributed by atoms with Gasteiger partial charge >= 0.3 is 0 Å². The van der Waals surface area contributed by atoms with Crippen molar-refractivity contribution in [3.63, 3.8) is 0 Å². The number of piperidine rings is 1. The molecule has 0 saturated carbocycles. The van der Waals surface area contributed by atoms with E-state index in [1.807, 2.05) is 46.8 Å². The molecule has 1 aliphatic heterocycles. The molecule has 146 valence electrons. The third kappa shape index (κ3) is 3.72. The van der Waals surface area contributed by atoms with E-state index in [4.69, 9.17) is 0 Å². The third-order valence-corrected chi connectivity index (χ3v) is 5.71. The molecular formula is C22H26N4O2. The van der Waals surface area contributed by atoms with Crippen molar-refractivity contribution < 1.29 is 9.59 Å². The predicted molar refractivity (Wildman–Crippen MR) is 108 cm³/mol. The van der Waals surface area contributed by atoms with Crippen LogP contribution in [0.3, 0.4) is 0 Å². The Hall–Kier alpha value is -2.89. The second-order valence-corrected chi connectivity index (χ2v) is 7.58. The van der Waals surface area contributed by atoms with Gasteiger partial charge < -0.3 is 10.2 Å². The summed E-state index contributed by atoms with van der Waals surface area (Å²) in [5.41, 5.74) is 2.59. The Bertz CT molecular complexity index is 907. The van der Waals surface area contributed by atoms with E-state index < -0.39 is 0 Å². The number of rotatable bonds is 4. The van der Waals surface area contributed by atoms with Gasteiger partial charge in [0.05, 0.1) is 12.2 Å². The van der Waals surface area contributed by atoms with E-state index in [0.717, 1.165) is 56.3 Å². The van der Waals surface area contributed by atoms with Gasteiger partial charge in [0, 0.05) is 30.3 Å². The molecule has 2 amide bonds. The van der Waals surface area contributed by atoms with E-state index in [1.165, 1.54) is 0 Å². The minimum absolute atomic E-state index is 0.124. The normalized spacial score (nSPS) is 17.5. The number of amides is 2. The maximum Gasteiger partial charge on any atom is 0.257 e. The van der Waals surface area contributed by atoms with Gasteiger partial charge in [-0.05, 0) is 50.7 Å². The van der Waals surface area contributed by atoms with Crippen molar-refractivity contribution in [1.82, 2.24) is 14.7 Å². The van der Waals surface area contributed by atoms with Gasteiger partial charge in [-0.15, -0.1) is 0 Å². The van der Waals surface area contributed by atoms with E-state index in [-0.39, 0.29) is 17.9 Å². The largest absolute Gasteiger partial charge is 0.339 e. The lowest BCUT2D eigenvalue weighted by Crippen LogP contribution is -2.40. The van der Waals surface area contributed by atoms with Gasteiger partial charge in [-0.3, -0.25) is 9.59 Å². The highest BCUT2D eigenvalue weighted by atomic mass is 16.2. The zero-order valence-corrected chi connectivity index (χ0v) is 16.2. The molecule has 6 heteroatoms. The first-order valence-electron chi connectivity index (χ1n) is 10.0. The standard InChI is InChI=1S/C22H26N4O2/c1-16-6-2-5-9-19(16)21(27)24-20-10-13-23-26(20)18-11-14-25(15-12-18)22(28)17-7-3-4-8-17/h2,5-7,9-10,13,18H,3-4,8,11-12,14-15H2,1H3,(H,24,27). The summed E-state index contributed by atoms with van der Waals surface area (Å²) in [6, 6.07) is 9.56. The van der Waals surface area contributed by atoms with E-state index in [0.29, 0.717) is 11.4 Å². The number of carbonyl (C=O) groups is 2. The monoisotopic (exact) mass is 378 g/mol. The van der Waals surface area contributed by atoms with Crippen LogP contribution < -0.4 is 5.32 Å². The summed E-state index contributed by atoms with van der Waals surface area (Å²) >= 11 is 0. The van der Waals surface area contributed by atoms with Crippen LogP contribution in [-0.4, -0.2) is 39.6 Å². The fraction of sp³-hybridized carbons (Fsp3) is 0.409. The number of anilines is 1. The van der Waals surface area contributed by atoms with Crippen molar-refractivity contribution in [1.29, 1.82) is 0 Å². The van der Waals surface area contributed by atoms with Crippen molar-refractivity contribution in [3.8, 4) is 0 Å². The summed E-state index contributed by atoms with van der Waals surface area (Å²) in [6.45, 7) is 3.39. The molecule has 28 heavy (non-hydrogen) atoms. The van der Waals surface area contributed by atoms with Crippen LogP contribution in [0.5, 0.6) is 0 Å². The quantitative estimate of drug-likeness (QED) is 0.882. The maximum absolute atomic E-state index is 12.6. The molecule has 2 heterocycles. The van der Waals surface area contributed by atoms with Gasteiger partial charge in [0.2, 0.25) is 5.91 Å². The van der Waals surface area contributed by atoms with Crippen LogP contribution >= 0.6 is 0 Å². The molecule has 1 aliphatic carbocycles. The van der Waals surface area contributed by atoms with Crippen LogP contribution in [0.2, 0.25) is 0 Å². The molecule has 1 N–H and O–H groups in total. The number of aromatic nitrogens is 2. The predicted octanol–water partition coefficient (Wildman–Crippen LogP) is 3.72. The number of likely N-dealkylation sites (tertiary alicyclic amines) is 1. The molecule has 6 nitrogen and oxygen atoms in total. The van der Waals surface area contributed by atoms with Gasteiger partial charge in [0.15, 0.2) is 0 Å². The molecule has 1 aromatic heterocycles. The number of hydrogen-bond donors (Lipinski definition) is 1. The van der Waals surface area contributed by atoms with Gasteiger partial charge in [-0.1, -0.05) is 24.3 Å². The summed E-state index contributed by atoms with van der Waals surface area (Å²) in [7, 11) is 0. The number of carbonyl (C=O) groups excluding carboxylic acids is 2. The Kier molecular flexibility index (Phi) is 5.28. The van der Waals surface area contributed by atoms with Gasteiger partial charge in [0.1, 0.15) is 5.82 Å². The number of nitrogens with zero attached hydrogens (tertiary/aromatic N) is 3. The van der Waals surface area contributed by atoms with E-state index >= 15 is 0 Å². The number of hydrogen-bond acceptors (Lipinski definition) is 3. The Morgan fingerprint density at radius 1 is 1.14 bits per heavy atom. The highest BCUT2D eigenvalue weighted by Gasteiger charge is 2.28. The van der Waals surface area contributed by atoms with Crippen LogP contribution in [0.1, 0.15) is 54.1 Å². The SMILES string of the molecule is Cc1ccccc1C(=O)Nc1ccnn1C1CCN(C(=O)C2=CCCC2)CC1. The van der Waals surface area contributed by atoms with Gasteiger partial charge in [-0.2, -0.15) is 5.10 Å². The Labute approximate surface area is 165 Å². The first kappa shape index (κ1) is 18.5. The minimum atomic E-state index is -0.124. The fourth-order valence-electron chi connectivity index (χ4n) is 4.10. The smallest absolute Gasteiger partial charge is 0.257 e. The number of allylic oxidation sites excluding steroid dienone is 1. The summed E-state index contributed by atoms with van der Waals surface area (Å²) in [5.74, 6) is 0.779. The van der Waals surface area contributed by atoms with Crippen molar-refractivity contribution in [2.75, 3.05) is 18.4 Å². The Balaban J connectivity index is 1.40. The van der Waals surface area contributed by atoms with Crippen LogP contribution in [0.4, 0.5) is 5.82 Å². The second kappa shape index (κ2) is 8.00. The third-order valence-electron chi connectivity index (χ3n) is 5.71. The molecule has 2 aromatic rings. The zero-order chi connectivity index (χ0) is 19.5. The van der Waals surface area contributed by atoms with E-state index in [2.05, 4.69) is 16.5 Å². The lowest BCUT2D eigenvalue weighted by Gasteiger charge is -2.33. The first-order chi connectivity index (χ1) is 13.6. The lowest BCUT2D eigenvalue weighted by molar-refractivity contribution is -0.128. The van der Waals surface area contributed by atoms with Crippen molar-refractivity contribution in [3.05, 3.63) is 59.3 Å². The lowest BCUT2D eigenvalue weighted by atomic mass is 10.0. The van der Waals surface area contributed by atoms with E-state index in [1.54, 1.807) is 6.20 Å². The molecule has 0 unspecified atom stereocenters. The minimum Gasteiger partial charge on any atom is -0.339 e. The summed E-state index contributed by atoms with van der Waals surface area (Å²) < 4.78 is 1.90. The van der Waals surface area contributed by atoms with Crippen LogP contribution in [0, 0.1) is 6.92 Å². The summed E-state index contributed by atoms with van der Waals surface area (Å²) in [5, 5.41) is 7.44. The van der Waals surface area contributed by atoms with Crippen LogP contribution in [-0.2, 0) is 4.79 Å². The maximum atomic E-state index is 12.6. The average Bonchev–Trinajstić information content (AvgIpc) is 3.40. The van der Waals surface area contributed by atoms with Crippen LogP contribution in [0.25, 0.3) is 0 Å². The molecule has 0 atom stereocenters. The average molecular weight is 378 g/mol. The summed E-state index contributed by atoms with van der Waals surface area (Å²) in [6.07, 6.45) is 8.51. The molecule has 1 fully saturated rings. The number of aryl methyl sites for hydroxylation is 1. The fourth-order valence-corrected chi connectivity index (χ4v) is 4.10. The Morgan fingerprint density at radius 3 is 2.64 bits per heavy atom. The van der Waals surface area contributed by atoms with Crippen molar-refractivity contribution in [2.45, 2.75) is 45.1 Å². The molecule has 2 aliphatic rings. The molecule has 0 radical (unpaired) electrons. The van der Waals surface area contributed by atoms with E-state index in [9.17, 15) is 9.59 Å². The van der Waals surface area contributed by atoms with Crippen LogP contribution in [0.15, 0.2) is 48.2 Å². The van der Waals surface area contributed by atoms with Gasteiger partial charge in [0.25, 0.3) is 5.91 Å². The molecular weight excluding hydrogens is 352 g/mol. The summed E-state index contributed by atoms with van der Waals surface area (Å²) in [4.78, 5) is 27.2. The topological polar surface area (TPSA) is 67.2 Å². The molecule has 1 aromatic carbocycles. The zero-order valence-electron chi connectivity index (χ0n) is 16.2. The highest BCUT2D eigenvalue weighted by Crippen LogP contribution is 2.28. The molecule has 0 spiro atoms. The Morgan fingerprint density at radius 2 is 1.93 bits per heavy atom. The molecule has 1 saturated heterocycles. The molecule has 0 bridgehead atoms. The van der Waals surface area contributed by atoms with Gasteiger partial charge in [-0.25, -0.2) is 4.68 Å². The number of benzene rings is 1. The molecule has 4 rings (SSSR count).